The second-order valence-electron chi connectivity index (χ2n) is 3.88. The number of alkyl halides is 2. The van der Waals surface area contributed by atoms with Crippen molar-refractivity contribution in [3.63, 3.8) is 0 Å². The number of ether oxygens (including phenoxy) is 1. The van der Waals surface area contributed by atoms with Crippen molar-refractivity contribution in [3.8, 4) is 0 Å². The lowest BCUT2D eigenvalue weighted by atomic mass is 10.1. The predicted octanol–water partition coefficient (Wildman–Crippen LogP) is 4.36. The number of rotatable bonds is 5. The number of hydrogen-bond acceptors (Lipinski definition) is 1. The van der Waals surface area contributed by atoms with E-state index in [0.29, 0.717) is 12.5 Å². The highest BCUT2D eigenvalue weighted by Gasteiger charge is 2.07. The summed E-state index contributed by atoms with van der Waals surface area (Å²) in [4.78, 5) is 0. The SMILES string of the molecule is ClCC(CBr)OCc1cccc2ccccc12. The van der Waals surface area contributed by atoms with Crippen molar-refractivity contribution in [1.82, 2.24) is 0 Å². The van der Waals surface area contributed by atoms with Crippen LogP contribution in [0.5, 0.6) is 0 Å². The third-order valence-electron chi connectivity index (χ3n) is 2.70. The zero-order valence-corrected chi connectivity index (χ0v) is 11.7. The van der Waals surface area contributed by atoms with Crippen LogP contribution in [0.15, 0.2) is 42.5 Å². The zero-order chi connectivity index (χ0) is 12.1. The molecule has 0 heterocycles. The van der Waals surface area contributed by atoms with E-state index in [4.69, 9.17) is 16.3 Å². The third kappa shape index (κ3) is 3.21. The molecule has 0 amide bonds. The first-order chi connectivity index (χ1) is 8.35. The molecule has 0 bridgehead atoms. The summed E-state index contributed by atoms with van der Waals surface area (Å²) in [5, 5.41) is 3.26. The van der Waals surface area contributed by atoms with E-state index in [1.165, 1.54) is 16.3 Å². The largest absolute Gasteiger partial charge is 0.371 e. The van der Waals surface area contributed by atoms with Gasteiger partial charge in [-0.3, -0.25) is 0 Å². The standard InChI is InChI=1S/C14H14BrClO/c15-8-13(9-16)17-10-12-6-3-5-11-4-1-2-7-14(11)12/h1-7,13H,8-10H2. The van der Waals surface area contributed by atoms with Crippen LogP contribution >= 0.6 is 27.5 Å². The van der Waals surface area contributed by atoms with Crippen molar-refractivity contribution in [3.05, 3.63) is 48.0 Å². The molecule has 2 aromatic carbocycles. The predicted molar refractivity (Wildman–Crippen MR) is 77.0 cm³/mol. The molecule has 0 aliphatic rings. The van der Waals surface area contributed by atoms with Crippen LogP contribution in [0.25, 0.3) is 10.8 Å². The summed E-state index contributed by atoms with van der Waals surface area (Å²) in [7, 11) is 0. The van der Waals surface area contributed by atoms with Gasteiger partial charge < -0.3 is 4.74 Å². The maximum absolute atomic E-state index is 5.80. The summed E-state index contributed by atoms with van der Waals surface area (Å²) in [6.45, 7) is 0.602. The molecule has 0 aliphatic heterocycles. The Kier molecular flexibility index (Phi) is 4.84. The molecular weight excluding hydrogens is 300 g/mol. The Balaban J connectivity index is 2.18. The minimum Gasteiger partial charge on any atom is -0.371 e. The molecule has 0 aromatic heterocycles. The van der Waals surface area contributed by atoms with Crippen molar-refractivity contribution in [1.29, 1.82) is 0 Å². The van der Waals surface area contributed by atoms with Gasteiger partial charge in [0.25, 0.3) is 0 Å². The van der Waals surface area contributed by atoms with E-state index < -0.39 is 0 Å². The molecule has 3 heteroatoms. The highest BCUT2D eigenvalue weighted by atomic mass is 79.9. The summed E-state index contributed by atoms with van der Waals surface area (Å²) in [5.74, 6) is 0.510. The molecule has 0 radical (unpaired) electrons. The molecule has 0 spiro atoms. The van der Waals surface area contributed by atoms with E-state index in [2.05, 4.69) is 52.3 Å². The number of halogens is 2. The van der Waals surface area contributed by atoms with Gasteiger partial charge >= 0.3 is 0 Å². The van der Waals surface area contributed by atoms with Crippen LogP contribution in [0, 0.1) is 0 Å². The van der Waals surface area contributed by atoms with Crippen LogP contribution in [-0.4, -0.2) is 17.3 Å². The smallest absolute Gasteiger partial charge is 0.0811 e. The Morgan fingerprint density at radius 3 is 2.65 bits per heavy atom. The van der Waals surface area contributed by atoms with Gasteiger partial charge in [0.05, 0.1) is 12.7 Å². The van der Waals surface area contributed by atoms with E-state index in [1.807, 2.05) is 6.07 Å². The van der Waals surface area contributed by atoms with E-state index in [-0.39, 0.29) is 6.10 Å². The van der Waals surface area contributed by atoms with E-state index in [9.17, 15) is 0 Å². The zero-order valence-electron chi connectivity index (χ0n) is 9.40. The minimum atomic E-state index is 0.0654. The van der Waals surface area contributed by atoms with Gasteiger partial charge in [0.2, 0.25) is 0 Å². The molecule has 2 rings (SSSR count). The van der Waals surface area contributed by atoms with E-state index in [0.717, 1.165) is 5.33 Å². The number of fused-ring (bicyclic) bond motifs is 1. The lowest BCUT2D eigenvalue weighted by molar-refractivity contribution is 0.0725. The Hall–Kier alpha value is -0.570. The molecule has 0 saturated heterocycles. The second-order valence-corrected chi connectivity index (χ2v) is 4.84. The van der Waals surface area contributed by atoms with Crippen LogP contribution < -0.4 is 0 Å². The van der Waals surface area contributed by atoms with Crippen molar-refractivity contribution in [2.24, 2.45) is 0 Å². The molecule has 90 valence electrons. The van der Waals surface area contributed by atoms with Gasteiger partial charge in [-0.05, 0) is 16.3 Å². The summed E-state index contributed by atoms with van der Waals surface area (Å²) in [5.41, 5.74) is 1.21. The Morgan fingerprint density at radius 2 is 1.88 bits per heavy atom. The highest BCUT2D eigenvalue weighted by molar-refractivity contribution is 9.09. The Labute approximate surface area is 115 Å². The lowest BCUT2D eigenvalue weighted by Crippen LogP contribution is -2.16. The van der Waals surface area contributed by atoms with Gasteiger partial charge in [-0.25, -0.2) is 0 Å². The van der Waals surface area contributed by atoms with E-state index >= 15 is 0 Å². The lowest BCUT2D eigenvalue weighted by Gasteiger charge is -2.13. The first-order valence-corrected chi connectivity index (χ1v) is 7.21. The minimum absolute atomic E-state index is 0.0654. The molecule has 1 atom stereocenters. The maximum Gasteiger partial charge on any atom is 0.0811 e. The van der Waals surface area contributed by atoms with Crippen LogP contribution in [0.2, 0.25) is 0 Å². The van der Waals surface area contributed by atoms with Gasteiger partial charge in [-0.1, -0.05) is 58.4 Å². The number of benzene rings is 2. The average molecular weight is 314 g/mol. The van der Waals surface area contributed by atoms with Crippen molar-refractivity contribution < 1.29 is 4.74 Å². The van der Waals surface area contributed by atoms with Crippen molar-refractivity contribution >= 4 is 38.3 Å². The average Bonchev–Trinajstić information content (AvgIpc) is 2.40. The first-order valence-electron chi connectivity index (χ1n) is 5.55. The second kappa shape index (κ2) is 6.39. The van der Waals surface area contributed by atoms with Gasteiger partial charge in [-0.15, -0.1) is 11.6 Å². The number of hydrogen-bond donors (Lipinski definition) is 0. The molecular formula is C14H14BrClO. The normalized spacial score (nSPS) is 12.8. The molecule has 0 fully saturated rings. The van der Waals surface area contributed by atoms with Gasteiger partial charge in [0.1, 0.15) is 0 Å². The summed E-state index contributed by atoms with van der Waals surface area (Å²) >= 11 is 9.19. The Bertz CT molecular complexity index is 477. The quantitative estimate of drug-likeness (QED) is 0.745. The van der Waals surface area contributed by atoms with Crippen molar-refractivity contribution in [2.45, 2.75) is 12.7 Å². The maximum atomic E-state index is 5.80. The highest BCUT2D eigenvalue weighted by Crippen LogP contribution is 2.19. The fourth-order valence-corrected chi connectivity index (χ4v) is 2.63. The van der Waals surface area contributed by atoms with Crippen molar-refractivity contribution in [2.75, 3.05) is 11.2 Å². The third-order valence-corrected chi connectivity index (χ3v) is 3.77. The van der Waals surface area contributed by atoms with Crippen LogP contribution in [0.3, 0.4) is 0 Å². The molecule has 1 unspecified atom stereocenters. The molecule has 0 saturated carbocycles. The van der Waals surface area contributed by atoms with Crippen LogP contribution in [0.1, 0.15) is 5.56 Å². The summed E-state index contributed by atoms with van der Waals surface area (Å²) < 4.78 is 5.76. The molecule has 0 N–H and O–H groups in total. The van der Waals surface area contributed by atoms with Gasteiger partial charge in [-0.2, -0.15) is 0 Å². The van der Waals surface area contributed by atoms with E-state index in [1.54, 1.807) is 0 Å². The summed E-state index contributed by atoms with van der Waals surface area (Å²) in [6, 6.07) is 14.6. The fourth-order valence-electron chi connectivity index (χ4n) is 1.76. The first kappa shape index (κ1) is 12.9. The molecule has 2 aromatic rings. The summed E-state index contributed by atoms with van der Waals surface area (Å²) in [6.07, 6.45) is 0.0654. The van der Waals surface area contributed by atoms with Gasteiger partial charge in [0, 0.05) is 11.2 Å². The van der Waals surface area contributed by atoms with Crippen LogP contribution in [0.4, 0.5) is 0 Å². The van der Waals surface area contributed by atoms with Crippen LogP contribution in [-0.2, 0) is 11.3 Å². The Morgan fingerprint density at radius 1 is 1.12 bits per heavy atom. The molecule has 1 nitrogen and oxygen atoms in total. The molecule has 17 heavy (non-hydrogen) atoms. The molecule has 0 aliphatic carbocycles. The topological polar surface area (TPSA) is 9.23 Å². The monoisotopic (exact) mass is 312 g/mol. The fraction of sp³-hybridized carbons (Fsp3) is 0.286. The van der Waals surface area contributed by atoms with Gasteiger partial charge in [0.15, 0.2) is 0 Å².